The fourth-order valence-electron chi connectivity index (χ4n) is 2.35. The van der Waals surface area contributed by atoms with Crippen LogP contribution < -0.4 is 10.7 Å². The van der Waals surface area contributed by atoms with Crippen molar-refractivity contribution in [2.24, 2.45) is 11.0 Å². The van der Waals surface area contributed by atoms with Crippen molar-refractivity contribution in [3.63, 3.8) is 0 Å². The highest BCUT2D eigenvalue weighted by atomic mass is 35.5. The summed E-state index contributed by atoms with van der Waals surface area (Å²) in [5.74, 6) is -1.25. The van der Waals surface area contributed by atoms with Gasteiger partial charge in [0.15, 0.2) is 0 Å². The number of carbonyl (C=O) groups is 2. The smallest absolute Gasteiger partial charge is 0.269 e. The SMILES string of the molecule is CC(C)[C@@H](NC(=O)c1ccc(Cl)cc1Cl)C(=O)N/N=C/c1ccc([N+](=O)[O-])cc1. The zero-order chi connectivity index (χ0) is 21.6. The van der Waals surface area contributed by atoms with Crippen molar-refractivity contribution in [3.8, 4) is 0 Å². The fourth-order valence-corrected chi connectivity index (χ4v) is 2.84. The molecule has 0 fully saturated rings. The van der Waals surface area contributed by atoms with E-state index in [1.807, 2.05) is 0 Å². The van der Waals surface area contributed by atoms with Crippen molar-refractivity contribution in [1.29, 1.82) is 0 Å². The van der Waals surface area contributed by atoms with Crippen molar-refractivity contribution in [2.45, 2.75) is 19.9 Å². The number of carbonyl (C=O) groups excluding carboxylic acids is 2. The van der Waals surface area contributed by atoms with Gasteiger partial charge in [-0.25, -0.2) is 5.43 Å². The zero-order valence-corrected chi connectivity index (χ0v) is 17.1. The monoisotopic (exact) mass is 436 g/mol. The molecule has 0 bridgehead atoms. The average Bonchev–Trinajstić information content (AvgIpc) is 2.65. The molecular formula is C19H18Cl2N4O4. The van der Waals surface area contributed by atoms with E-state index in [1.54, 1.807) is 13.8 Å². The molecule has 0 saturated carbocycles. The van der Waals surface area contributed by atoms with Crippen LogP contribution in [0, 0.1) is 16.0 Å². The zero-order valence-electron chi connectivity index (χ0n) is 15.6. The number of non-ortho nitro benzene ring substituents is 1. The number of nitrogens with zero attached hydrogens (tertiary/aromatic N) is 2. The molecule has 0 aliphatic carbocycles. The molecule has 0 heterocycles. The van der Waals surface area contributed by atoms with E-state index in [9.17, 15) is 19.7 Å². The first-order valence-corrected chi connectivity index (χ1v) is 9.28. The molecule has 2 N–H and O–H groups in total. The number of hydrogen-bond donors (Lipinski definition) is 2. The van der Waals surface area contributed by atoms with Crippen molar-refractivity contribution in [1.82, 2.24) is 10.7 Å². The van der Waals surface area contributed by atoms with E-state index in [1.165, 1.54) is 48.7 Å². The summed E-state index contributed by atoms with van der Waals surface area (Å²) in [6.07, 6.45) is 1.34. The second kappa shape index (κ2) is 9.99. The van der Waals surface area contributed by atoms with Gasteiger partial charge in [0.25, 0.3) is 17.5 Å². The number of nitro benzene ring substituents is 1. The Morgan fingerprint density at radius 2 is 1.79 bits per heavy atom. The third-order valence-corrected chi connectivity index (χ3v) is 4.45. The van der Waals surface area contributed by atoms with Gasteiger partial charge in [-0.3, -0.25) is 19.7 Å². The predicted octanol–water partition coefficient (Wildman–Crippen LogP) is 3.81. The van der Waals surface area contributed by atoms with Gasteiger partial charge in [0.2, 0.25) is 0 Å². The molecule has 0 unspecified atom stereocenters. The highest BCUT2D eigenvalue weighted by Gasteiger charge is 2.25. The van der Waals surface area contributed by atoms with Gasteiger partial charge >= 0.3 is 0 Å². The fraction of sp³-hybridized carbons (Fsp3) is 0.211. The molecule has 8 nitrogen and oxygen atoms in total. The topological polar surface area (TPSA) is 114 Å². The Balaban J connectivity index is 2.03. The Morgan fingerprint density at radius 1 is 1.14 bits per heavy atom. The highest BCUT2D eigenvalue weighted by Crippen LogP contribution is 2.21. The highest BCUT2D eigenvalue weighted by molar-refractivity contribution is 6.36. The minimum Gasteiger partial charge on any atom is -0.340 e. The number of amides is 2. The molecule has 0 saturated heterocycles. The maximum atomic E-state index is 12.5. The van der Waals surface area contributed by atoms with E-state index in [0.717, 1.165) is 0 Å². The molecule has 0 aliphatic heterocycles. The van der Waals surface area contributed by atoms with Gasteiger partial charge < -0.3 is 5.32 Å². The minimum absolute atomic E-state index is 0.0466. The number of nitrogens with one attached hydrogen (secondary N) is 2. The summed E-state index contributed by atoms with van der Waals surface area (Å²) in [6.45, 7) is 3.54. The number of benzene rings is 2. The molecule has 1 atom stereocenters. The van der Waals surface area contributed by atoms with E-state index in [0.29, 0.717) is 10.6 Å². The van der Waals surface area contributed by atoms with E-state index in [4.69, 9.17) is 23.2 Å². The summed E-state index contributed by atoms with van der Waals surface area (Å²) in [5, 5.41) is 17.7. The number of nitro groups is 1. The summed E-state index contributed by atoms with van der Waals surface area (Å²) >= 11 is 11.9. The van der Waals surface area contributed by atoms with Gasteiger partial charge in [-0.1, -0.05) is 37.0 Å². The lowest BCUT2D eigenvalue weighted by Gasteiger charge is -2.20. The second-order valence-electron chi connectivity index (χ2n) is 6.40. The third-order valence-electron chi connectivity index (χ3n) is 3.90. The van der Waals surface area contributed by atoms with E-state index in [-0.39, 0.29) is 22.2 Å². The maximum Gasteiger partial charge on any atom is 0.269 e. The first-order valence-electron chi connectivity index (χ1n) is 8.52. The molecule has 10 heteroatoms. The Hall–Kier alpha value is -2.97. The summed E-state index contributed by atoms with van der Waals surface area (Å²) in [5.41, 5.74) is 3.07. The molecule has 29 heavy (non-hydrogen) atoms. The molecule has 152 valence electrons. The molecule has 2 aromatic rings. The summed E-state index contributed by atoms with van der Waals surface area (Å²) in [4.78, 5) is 35.0. The lowest BCUT2D eigenvalue weighted by molar-refractivity contribution is -0.384. The van der Waals surface area contributed by atoms with Gasteiger partial charge in [-0.05, 0) is 41.8 Å². The van der Waals surface area contributed by atoms with Crippen LogP contribution in [0.2, 0.25) is 10.0 Å². The van der Waals surface area contributed by atoms with E-state index < -0.39 is 22.8 Å². The van der Waals surface area contributed by atoms with Gasteiger partial charge in [0.1, 0.15) is 6.04 Å². The summed E-state index contributed by atoms with van der Waals surface area (Å²) in [7, 11) is 0. The van der Waals surface area contributed by atoms with E-state index >= 15 is 0 Å². The van der Waals surface area contributed by atoms with Gasteiger partial charge in [0.05, 0.1) is 21.7 Å². The van der Waals surface area contributed by atoms with Crippen molar-refractivity contribution in [3.05, 3.63) is 73.8 Å². The number of hydrogen-bond acceptors (Lipinski definition) is 5. The Labute approximate surface area is 177 Å². The molecular weight excluding hydrogens is 419 g/mol. The molecule has 0 spiro atoms. The van der Waals surface area contributed by atoms with Gasteiger partial charge in [0, 0.05) is 17.2 Å². The van der Waals surface area contributed by atoms with Gasteiger partial charge in [-0.2, -0.15) is 5.10 Å². The standard InChI is InChI=1S/C19H18Cl2N4O4/c1-11(2)17(23-18(26)15-8-5-13(20)9-16(15)21)19(27)24-22-10-12-3-6-14(7-4-12)25(28)29/h3-11,17H,1-2H3,(H,23,26)(H,24,27)/b22-10+/t17-/m1/s1. The molecule has 0 aromatic heterocycles. The van der Waals surface area contributed by atoms with Crippen molar-refractivity contribution < 1.29 is 14.5 Å². The molecule has 2 aromatic carbocycles. The normalized spacial score (nSPS) is 12.0. The largest absolute Gasteiger partial charge is 0.340 e. The van der Waals surface area contributed by atoms with Crippen LogP contribution >= 0.6 is 23.2 Å². The number of hydrazone groups is 1. The number of halogens is 2. The summed E-state index contributed by atoms with van der Waals surface area (Å²) in [6, 6.07) is 9.24. The Morgan fingerprint density at radius 3 is 2.34 bits per heavy atom. The van der Waals surface area contributed by atoms with E-state index in [2.05, 4.69) is 15.8 Å². The van der Waals surface area contributed by atoms with Crippen LogP contribution in [-0.4, -0.2) is 29.0 Å². The number of rotatable bonds is 7. The van der Waals surface area contributed by atoms with Crippen molar-refractivity contribution in [2.75, 3.05) is 0 Å². The first kappa shape index (κ1) is 22.3. The average molecular weight is 437 g/mol. The minimum atomic E-state index is -0.858. The van der Waals surface area contributed by atoms with Crippen LogP contribution in [0.3, 0.4) is 0 Å². The molecule has 2 amide bonds. The lowest BCUT2D eigenvalue weighted by atomic mass is 10.0. The second-order valence-corrected chi connectivity index (χ2v) is 7.25. The van der Waals surface area contributed by atoms with Crippen LogP contribution in [0.4, 0.5) is 5.69 Å². The molecule has 2 rings (SSSR count). The maximum absolute atomic E-state index is 12.5. The van der Waals surface area contributed by atoms with Crippen LogP contribution in [0.1, 0.15) is 29.8 Å². The van der Waals surface area contributed by atoms with Gasteiger partial charge in [-0.15, -0.1) is 0 Å². The Bertz CT molecular complexity index is 946. The van der Waals surface area contributed by atoms with Crippen molar-refractivity contribution >= 4 is 46.9 Å². The van der Waals surface area contributed by atoms with Crippen LogP contribution in [0.5, 0.6) is 0 Å². The quantitative estimate of drug-likeness (QED) is 0.390. The first-order chi connectivity index (χ1) is 13.7. The molecule has 0 aliphatic rings. The van der Waals surface area contributed by atoms with Crippen LogP contribution in [-0.2, 0) is 4.79 Å². The predicted molar refractivity (Wildman–Crippen MR) is 111 cm³/mol. The lowest BCUT2D eigenvalue weighted by Crippen LogP contribution is -2.48. The Kier molecular flexibility index (Phi) is 7.69. The van der Waals surface area contributed by atoms with Crippen LogP contribution in [0.25, 0.3) is 0 Å². The van der Waals surface area contributed by atoms with Crippen LogP contribution in [0.15, 0.2) is 47.6 Å². The molecule has 0 radical (unpaired) electrons. The third kappa shape index (κ3) is 6.27. The summed E-state index contributed by atoms with van der Waals surface area (Å²) < 4.78 is 0.